The molecule has 7 rings (SSSR count). The summed E-state index contributed by atoms with van der Waals surface area (Å²) in [5, 5.41) is 0. The van der Waals surface area contributed by atoms with Crippen LogP contribution in [0.5, 0.6) is 0 Å². The lowest BCUT2D eigenvalue weighted by Crippen LogP contribution is -2.62. The Morgan fingerprint density at radius 3 is 1.74 bits per heavy atom. The number of nitrogens with zero attached hydrogens (tertiary/aromatic N) is 2. The highest BCUT2D eigenvalue weighted by Gasteiger charge is 2.43. The molecule has 190 valence electrons. The molecule has 5 aromatic rings. The zero-order valence-corrected chi connectivity index (χ0v) is 23.6. The number of aryl methyl sites for hydroxylation is 6. The normalized spacial score (nSPS) is 13.2. The number of hydrogen-bond acceptors (Lipinski definition) is 2. The van der Waals surface area contributed by atoms with Crippen LogP contribution in [-0.4, -0.2) is 6.71 Å². The van der Waals surface area contributed by atoms with Gasteiger partial charge in [0.2, 0.25) is 0 Å². The average Bonchev–Trinajstić information content (AvgIpc) is 2.88. The van der Waals surface area contributed by atoms with Gasteiger partial charge in [-0.05, 0) is 123 Å². The molecule has 2 aliphatic heterocycles. The van der Waals surface area contributed by atoms with Crippen molar-refractivity contribution in [3.8, 4) is 0 Å². The van der Waals surface area contributed by atoms with E-state index in [0.717, 1.165) is 0 Å². The highest BCUT2D eigenvalue weighted by Crippen LogP contribution is 2.44. The van der Waals surface area contributed by atoms with E-state index in [0.29, 0.717) is 0 Å². The molecule has 0 aliphatic carbocycles. The van der Waals surface area contributed by atoms with Crippen LogP contribution >= 0.6 is 0 Å². The maximum Gasteiger partial charge on any atom is 0.252 e. The van der Waals surface area contributed by atoms with Crippen molar-refractivity contribution in [3.63, 3.8) is 0 Å². The van der Waals surface area contributed by atoms with Crippen molar-refractivity contribution in [1.82, 2.24) is 0 Å². The lowest BCUT2D eigenvalue weighted by Gasteiger charge is -2.45. The van der Waals surface area contributed by atoms with Gasteiger partial charge in [-0.3, -0.25) is 0 Å². The highest BCUT2D eigenvalue weighted by atomic mass is 15.2. The SMILES string of the molecule is Cc1ccc(N2c3ccc(C)cc3B3c4c(C)cc(C)cc4N(c4cc(C)cc(C)c4)c4cccc2c43)cc1. The first kappa shape index (κ1) is 23.9. The molecule has 0 saturated carbocycles. The van der Waals surface area contributed by atoms with Gasteiger partial charge in [0, 0.05) is 34.1 Å². The van der Waals surface area contributed by atoms with E-state index < -0.39 is 0 Å². The molecule has 0 radical (unpaired) electrons. The van der Waals surface area contributed by atoms with Crippen LogP contribution in [0.2, 0.25) is 0 Å². The monoisotopic (exact) mass is 504 g/mol. The van der Waals surface area contributed by atoms with E-state index in [1.165, 1.54) is 83.9 Å². The van der Waals surface area contributed by atoms with Crippen LogP contribution in [0.1, 0.15) is 33.4 Å². The summed E-state index contributed by atoms with van der Waals surface area (Å²) in [7, 11) is 0. The van der Waals surface area contributed by atoms with Gasteiger partial charge in [-0.2, -0.15) is 0 Å². The molecular formula is C36H33BN2. The summed E-state index contributed by atoms with van der Waals surface area (Å²) in [6.45, 7) is 13.4. The third-order valence-electron chi connectivity index (χ3n) is 8.36. The second-order valence-corrected chi connectivity index (χ2v) is 11.6. The van der Waals surface area contributed by atoms with Gasteiger partial charge < -0.3 is 9.80 Å². The van der Waals surface area contributed by atoms with Gasteiger partial charge in [-0.25, -0.2) is 0 Å². The fourth-order valence-electron chi connectivity index (χ4n) is 6.90. The van der Waals surface area contributed by atoms with Crippen LogP contribution in [0.15, 0.2) is 91.0 Å². The molecule has 0 unspecified atom stereocenters. The molecule has 2 aliphatic rings. The summed E-state index contributed by atoms with van der Waals surface area (Å²) in [4.78, 5) is 4.98. The van der Waals surface area contributed by atoms with Gasteiger partial charge in [0.05, 0.1) is 0 Å². The van der Waals surface area contributed by atoms with Gasteiger partial charge >= 0.3 is 0 Å². The summed E-state index contributed by atoms with van der Waals surface area (Å²) in [6.07, 6.45) is 0. The maximum absolute atomic E-state index is 2.51. The largest absolute Gasteiger partial charge is 0.311 e. The predicted molar refractivity (Wildman–Crippen MR) is 169 cm³/mol. The van der Waals surface area contributed by atoms with Crippen LogP contribution in [0, 0.1) is 41.5 Å². The van der Waals surface area contributed by atoms with Gasteiger partial charge in [0.1, 0.15) is 0 Å². The molecule has 2 nitrogen and oxygen atoms in total. The van der Waals surface area contributed by atoms with Gasteiger partial charge in [0.25, 0.3) is 6.71 Å². The number of anilines is 6. The van der Waals surface area contributed by atoms with E-state index >= 15 is 0 Å². The van der Waals surface area contributed by atoms with Gasteiger partial charge in [-0.15, -0.1) is 0 Å². The Labute approximate surface area is 232 Å². The first-order chi connectivity index (χ1) is 18.8. The van der Waals surface area contributed by atoms with E-state index in [2.05, 4.69) is 142 Å². The number of benzene rings is 5. The van der Waals surface area contributed by atoms with E-state index in [-0.39, 0.29) is 6.71 Å². The lowest BCUT2D eigenvalue weighted by molar-refractivity contribution is 1.22. The molecule has 0 fully saturated rings. The molecule has 0 atom stereocenters. The van der Waals surface area contributed by atoms with Crippen LogP contribution in [-0.2, 0) is 0 Å². The highest BCUT2D eigenvalue weighted by molar-refractivity contribution is 7.00. The molecule has 5 aromatic carbocycles. The minimum atomic E-state index is 0.172. The van der Waals surface area contributed by atoms with Gasteiger partial charge in [-0.1, -0.05) is 59.2 Å². The van der Waals surface area contributed by atoms with E-state index in [4.69, 9.17) is 0 Å². The second-order valence-electron chi connectivity index (χ2n) is 11.6. The third-order valence-corrected chi connectivity index (χ3v) is 8.36. The van der Waals surface area contributed by atoms with Crippen LogP contribution < -0.4 is 26.2 Å². The third kappa shape index (κ3) is 3.64. The molecular weight excluding hydrogens is 471 g/mol. The fraction of sp³-hybridized carbons (Fsp3) is 0.167. The number of hydrogen-bond donors (Lipinski definition) is 0. The first-order valence-electron chi connectivity index (χ1n) is 13.9. The Kier molecular flexibility index (Phi) is 5.28. The minimum Gasteiger partial charge on any atom is -0.311 e. The average molecular weight is 504 g/mol. The van der Waals surface area contributed by atoms with Crippen molar-refractivity contribution >= 4 is 57.2 Å². The topological polar surface area (TPSA) is 6.48 Å². The molecule has 0 bridgehead atoms. The summed E-state index contributed by atoms with van der Waals surface area (Å²) in [6, 6.07) is 34.4. The molecule has 39 heavy (non-hydrogen) atoms. The predicted octanol–water partition coefficient (Wildman–Crippen LogP) is 7.62. The van der Waals surface area contributed by atoms with E-state index in [1.54, 1.807) is 0 Å². The first-order valence-corrected chi connectivity index (χ1v) is 13.9. The summed E-state index contributed by atoms with van der Waals surface area (Å²) in [5.74, 6) is 0. The molecule has 2 heterocycles. The van der Waals surface area contributed by atoms with Gasteiger partial charge in [0.15, 0.2) is 0 Å². The van der Waals surface area contributed by atoms with Crippen molar-refractivity contribution in [2.75, 3.05) is 9.80 Å². The Hall–Kier alpha value is -4.24. The molecule has 0 aromatic heterocycles. The zero-order chi connectivity index (χ0) is 27.0. The van der Waals surface area contributed by atoms with Crippen LogP contribution in [0.4, 0.5) is 34.1 Å². The van der Waals surface area contributed by atoms with Crippen molar-refractivity contribution in [2.24, 2.45) is 0 Å². The maximum atomic E-state index is 2.51. The number of rotatable bonds is 2. The lowest BCUT2D eigenvalue weighted by atomic mass is 9.32. The van der Waals surface area contributed by atoms with Crippen molar-refractivity contribution in [2.45, 2.75) is 41.5 Å². The van der Waals surface area contributed by atoms with E-state index in [9.17, 15) is 0 Å². The summed E-state index contributed by atoms with van der Waals surface area (Å²) >= 11 is 0. The second kappa shape index (κ2) is 8.64. The molecule has 0 amide bonds. The molecule has 0 N–H and O–H groups in total. The number of fused-ring (bicyclic) bond motifs is 4. The Morgan fingerprint density at radius 2 is 1.05 bits per heavy atom. The summed E-state index contributed by atoms with van der Waals surface area (Å²) < 4.78 is 0. The van der Waals surface area contributed by atoms with Crippen molar-refractivity contribution < 1.29 is 0 Å². The zero-order valence-electron chi connectivity index (χ0n) is 23.6. The molecule has 0 saturated heterocycles. The van der Waals surface area contributed by atoms with E-state index in [1.807, 2.05) is 0 Å². The smallest absolute Gasteiger partial charge is 0.252 e. The Balaban J connectivity index is 1.60. The minimum absolute atomic E-state index is 0.172. The Bertz CT molecular complexity index is 1760. The Morgan fingerprint density at radius 1 is 0.436 bits per heavy atom. The van der Waals surface area contributed by atoms with Crippen LogP contribution in [0.25, 0.3) is 0 Å². The van der Waals surface area contributed by atoms with Crippen LogP contribution in [0.3, 0.4) is 0 Å². The summed E-state index contributed by atoms with van der Waals surface area (Å²) in [5.41, 5.74) is 19.5. The molecule has 0 spiro atoms. The van der Waals surface area contributed by atoms with Crippen molar-refractivity contribution in [1.29, 1.82) is 0 Å². The molecule has 3 heteroatoms. The quantitative estimate of drug-likeness (QED) is 0.224. The fourth-order valence-corrected chi connectivity index (χ4v) is 6.90. The van der Waals surface area contributed by atoms with Crippen molar-refractivity contribution in [3.05, 3.63) is 124 Å². The standard InChI is InChI=1S/C36H33BN2/c1-22-10-13-28(14-11-22)38-31-15-12-23(2)20-30(31)37-35-27(6)17-26(5)21-34(35)39(29-18-24(3)16-25(4)19-29)33-9-7-8-32(38)36(33)37/h7-21H,1-6H3.